The van der Waals surface area contributed by atoms with Gasteiger partial charge in [0.25, 0.3) is 0 Å². The summed E-state index contributed by atoms with van der Waals surface area (Å²) in [5, 5.41) is 0. The van der Waals surface area contributed by atoms with Gasteiger partial charge in [0, 0.05) is 0 Å². The van der Waals surface area contributed by atoms with Crippen LogP contribution in [0.1, 0.15) is 33.6 Å². The van der Waals surface area contributed by atoms with Crippen LogP contribution in [0, 0.1) is 11.3 Å². The Bertz CT molecular complexity index is 298. The molecule has 1 atom stereocenters. The number of hydrogen-bond donors (Lipinski definition) is 0. The molecule has 1 fully saturated rings. The van der Waals surface area contributed by atoms with Crippen LogP contribution in [0.5, 0.6) is 0 Å². The topological polar surface area (TPSA) is 0 Å². The molecule has 0 spiro atoms. The second-order valence-electron chi connectivity index (χ2n) is 4.67. The first-order chi connectivity index (χ1) is 6.13. The Hall–Kier alpha value is -0.780. The van der Waals surface area contributed by atoms with Crippen molar-refractivity contribution in [3.05, 3.63) is 35.5 Å². The smallest absolute Gasteiger partial charge is 0.000766 e. The Labute approximate surface area is 81.0 Å². The standard InChI is InChI=1S/C13H18/c1-10-6-4-5-7-12(10)11(2)13(3)8-9-13/h4-7,10H,8-9H2,1-3H3/b12-11+. The summed E-state index contributed by atoms with van der Waals surface area (Å²) in [6.07, 6.45) is 11.6. The molecule has 2 aliphatic carbocycles. The second-order valence-corrected chi connectivity index (χ2v) is 4.67. The zero-order valence-electron chi connectivity index (χ0n) is 8.80. The SMILES string of the molecule is C/C(=C1/C=CC=CC1C)C1(C)CC1. The van der Waals surface area contributed by atoms with Crippen LogP contribution in [0.2, 0.25) is 0 Å². The third kappa shape index (κ3) is 1.50. The van der Waals surface area contributed by atoms with E-state index < -0.39 is 0 Å². The Morgan fingerprint density at radius 3 is 2.62 bits per heavy atom. The fourth-order valence-corrected chi connectivity index (χ4v) is 2.02. The lowest BCUT2D eigenvalue weighted by atomic mass is 9.86. The van der Waals surface area contributed by atoms with Gasteiger partial charge in [-0.25, -0.2) is 0 Å². The average molecular weight is 174 g/mol. The Kier molecular flexibility index (Phi) is 1.94. The summed E-state index contributed by atoms with van der Waals surface area (Å²) in [5.41, 5.74) is 3.70. The maximum absolute atomic E-state index is 2.38. The largest absolute Gasteiger partial charge is 0.0773 e. The summed E-state index contributed by atoms with van der Waals surface area (Å²) in [6, 6.07) is 0. The molecule has 0 nitrogen and oxygen atoms in total. The molecule has 0 heteroatoms. The van der Waals surface area contributed by atoms with Gasteiger partial charge < -0.3 is 0 Å². The van der Waals surface area contributed by atoms with Crippen molar-refractivity contribution in [2.45, 2.75) is 33.6 Å². The van der Waals surface area contributed by atoms with Crippen molar-refractivity contribution in [3.8, 4) is 0 Å². The van der Waals surface area contributed by atoms with Gasteiger partial charge in [-0.3, -0.25) is 0 Å². The monoisotopic (exact) mass is 174 g/mol. The van der Waals surface area contributed by atoms with Crippen molar-refractivity contribution in [2.24, 2.45) is 11.3 Å². The van der Waals surface area contributed by atoms with E-state index in [0.29, 0.717) is 11.3 Å². The van der Waals surface area contributed by atoms with Crippen molar-refractivity contribution in [1.29, 1.82) is 0 Å². The molecule has 0 radical (unpaired) electrons. The first kappa shape index (κ1) is 8.80. The maximum Gasteiger partial charge on any atom is -0.000766 e. The minimum Gasteiger partial charge on any atom is -0.0773 e. The predicted molar refractivity (Wildman–Crippen MR) is 57.5 cm³/mol. The molecule has 0 aliphatic heterocycles. The highest BCUT2D eigenvalue weighted by Gasteiger charge is 2.40. The summed E-state index contributed by atoms with van der Waals surface area (Å²) >= 11 is 0. The summed E-state index contributed by atoms with van der Waals surface area (Å²) in [4.78, 5) is 0. The van der Waals surface area contributed by atoms with Crippen molar-refractivity contribution < 1.29 is 0 Å². The molecule has 2 rings (SSSR count). The lowest BCUT2D eigenvalue weighted by Gasteiger charge is -2.19. The van der Waals surface area contributed by atoms with Gasteiger partial charge in [-0.2, -0.15) is 0 Å². The summed E-state index contributed by atoms with van der Waals surface area (Å²) in [5.74, 6) is 0.613. The Balaban J connectivity index is 2.32. The van der Waals surface area contributed by atoms with E-state index in [1.165, 1.54) is 12.8 Å². The highest BCUT2D eigenvalue weighted by atomic mass is 14.4. The van der Waals surface area contributed by atoms with Crippen LogP contribution in [0.4, 0.5) is 0 Å². The van der Waals surface area contributed by atoms with Gasteiger partial charge in [-0.1, -0.05) is 43.7 Å². The van der Waals surface area contributed by atoms with Crippen LogP contribution in [0.25, 0.3) is 0 Å². The highest BCUT2D eigenvalue weighted by Crippen LogP contribution is 2.53. The zero-order chi connectivity index (χ0) is 9.47. The molecular formula is C13H18. The zero-order valence-corrected chi connectivity index (χ0v) is 8.80. The molecule has 0 heterocycles. The van der Waals surface area contributed by atoms with Gasteiger partial charge in [0.2, 0.25) is 0 Å². The molecule has 1 unspecified atom stereocenters. The molecular weight excluding hydrogens is 156 g/mol. The molecule has 0 N–H and O–H groups in total. The summed E-state index contributed by atoms with van der Waals surface area (Å²) in [7, 11) is 0. The molecule has 13 heavy (non-hydrogen) atoms. The third-order valence-corrected chi connectivity index (χ3v) is 3.62. The van der Waals surface area contributed by atoms with E-state index in [1.807, 2.05) is 0 Å². The van der Waals surface area contributed by atoms with Crippen LogP contribution in [-0.2, 0) is 0 Å². The van der Waals surface area contributed by atoms with Gasteiger partial charge in [0.1, 0.15) is 0 Å². The van der Waals surface area contributed by atoms with Crippen molar-refractivity contribution in [1.82, 2.24) is 0 Å². The number of rotatable bonds is 1. The maximum atomic E-state index is 2.38. The van der Waals surface area contributed by atoms with Gasteiger partial charge in [-0.05, 0) is 36.7 Å². The lowest BCUT2D eigenvalue weighted by Crippen LogP contribution is -2.05. The molecule has 2 aliphatic rings. The quantitative estimate of drug-likeness (QED) is 0.566. The molecule has 0 aromatic carbocycles. The summed E-state index contributed by atoms with van der Waals surface area (Å²) in [6.45, 7) is 6.97. The molecule has 0 amide bonds. The van der Waals surface area contributed by atoms with Gasteiger partial charge in [0.05, 0.1) is 0 Å². The molecule has 0 saturated heterocycles. The minimum atomic E-state index is 0.541. The number of allylic oxidation sites excluding steroid dienone is 6. The lowest BCUT2D eigenvalue weighted by molar-refractivity contribution is 0.664. The van der Waals surface area contributed by atoms with Crippen molar-refractivity contribution >= 4 is 0 Å². The van der Waals surface area contributed by atoms with E-state index in [4.69, 9.17) is 0 Å². The van der Waals surface area contributed by atoms with Gasteiger partial charge >= 0.3 is 0 Å². The van der Waals surface area contributed by atoms with Crippen LogP contribution < -0.4 is 0 Å². The molecule has 0 aromatic heterocycles. The van der Waals surface area contributed by atoms with E-state index in [2.05, 4.69) is 45.1 Å². The fraction of sp³-hybridized carbons (Fsp3) is 0.538. The number of hydrogen-bond acceptors (Lipinski definition) is 0. The Morgan fingerprint density at radius 1 is 1.38 bits per heavy atom. The fourth-order valence-electron chi connectivity index (χ4n) is 2.02. The van der Waals surface area contributed by atoms with Gasteiger partial charge in [0.15, 0.2) is 0 Å². The second kappa shape index (κ2) is 2.87. The average Bonchev–Trinajstić information content (AvgIpc) is 2.85. The van der Waals surface area contributed by atoms with E-state index >= 15 is 0 Å². The molecule has 0 aromatic rings. The van der Waals surface area contributed by atoms with Crippen LogP contribution in [0.15, 0.2) is 35.5 Å². The van der Waals surface area contributed by atoms with Crippen LogP contribution in [-0.4, -0.2) is 0 Å². The van der Waals surface area contributed by atoms with E-state index in [1.54, 1.807) is 11.1 Å². The van der Waals surface area contributed by atoms with E-state index in [9.17, 15) is 0 Å². The van der Waals surface area contributed by atoms with Crippen molar-refractivity contribution in [3.63, 3.8) is 0 Å². The van der Waals surface area contributed by atoms with Crippen LogP contribution in [0.3, 0.4) is 0 Å². The summed E-state index contributed by atoms with van der Waals surface area (Å²) < 4.78 is 0. The highest BCUT2D eigenvalue weighted by molar-refractivity contribution is 5.39. The third-order valence-electron chi connectivity index (χ3n) is 3.62. The normalized spacial score (nSPS) is 33.3. The minimum absolute atomic E-state index is 0.541. The first-order valence-electron chi connectivity index (χ1n) is 5.20. The van der Waals surface area contributed by atoms with E-state index in [0.717, 1.165) is 0 Å². The van der Waals surface area contributed by atoms with Crippen LogP contribution >= 0.6 is 0 Å². The van der Waals surface area contributed by atoms with E-state index in [-0.39, 0.29) is 0 Å². The molecule has 70 valence electrons. The first-order valence-corrected chi connectivity index (χ1v) is 5.20. The van der Waals surface area contributed by atoms with Crippen molar-refractivity contribution in [2.75, 3.05) is 0 Å². The van der Waals surface area contributed by atoms with Gasteiger partial charge in [-0.15, -0.1) is 0 Å². The Morgan fingerprint density at radius 2 is 2.08 bits per heavy atom. The molecule has 0 bridgehead atoms. The molecule has 1 saturated carbocycles. The predicted octanol–water partition coefficient (Wildman–Crippen LogP) is 3.87.